The first kappa shape index (κ1) is 20.2. The highest BCUT2D eigenvalue weighted by Gasteiger charge is 2.40. The molecule has 0 spiro atoms. The minimum absolute atomic E-state index is 0.104. The third-order valence-electron chi connectivity index (χ3n) is 4.53. The van der Waals surface area contributed by atoms with E-state index in [-0.39, 0.29) is 25.2 Å². The first-order chi connectivity index (χ1) is 13.4. The molecular formula is C22H27NO5. The van der Waals surface area contributed by atoms with Crippen molar-refractivity contribution in [3.63, 3.8) is 0 Å². The van der Waals surface area contributed by atoms with E-state index in [1.807, 2.05) is 69.3 Å². The zero-order valence-electron chi connectivity index (χ0n) is 16.7. The number of benzene rings is 2. The van der Waals surface area contributed by atoms with Crippen LogP contribution in [0.1, 0.15) is 32.6 Å². The summed E-state index contributed by atoms with van der Waals surface area (Å²) in [7, 11) is 1.61. The standard InChI is InChI=1S/C22H27NO5/c1-15(2)28-17-11-9-16(10-12-17)23-21(24)22(3)13-26-20(27-14-22)18-7-5-6-8-19(18)25-4/h5-12,15,20H,13-14H2,1-4H3,(H,23,24). The molecule has 28 heavy (non-hydrogen) atoms. The quantitative estimate of drug-likeness (QED) is 0.808. The minimum atomic E-state index is -0.786. The number of hydrogen-bond acceptors (Lipinski definition) is 5. The fraction of sp³-hybridized carbons (Fsp3) is 0.409. The first-order valence-electron chi connectivity index (χ1n) is 9.35. The van der Waals surface area contributed by atoms with E-state index in [4.69, 9.17) is 18.9 Å². The molecule has 1 heterocycles. The van der Waals surface area contributed by atoms with Gasteiger partial charge in [-0.25, -0.2) is 0 Å². The third kappa shape index (κ3) is 4.64. The first-order valence-corrected chi connectivity index (χ1v) is 9.35. The molecule has 0 radical (unpaired) electrons. The number of rotatable bonds is 6. The molecule has 0 aromatic heterocycles. The van der Waals surface area contributed by atoms with E-state index in [9.17, 15) is 4.79 Å². The van der Waals surface area contributed by atoms with Gasteiger partial charge in [0.05, 0.1) is 31.8 Å². The Morgan fingerprint density at radius 1 is 1.11 bits per heavy atom. The molecule has 0 atom stereocenters. The van der Waals surface area contributed by atoms with Crippen molar-refractivity contribution in [1.82, 2.24) is 0 Å². The summed E-state index contributed by atoms with van der Waals surface area (Å²) in [5, 5.41) is 2.93. The highest BCUT2D eigenvalue weighted by molar-refractivity contribution is 5.95. The van der Waals surface area contributed by atoms with Crippen molar-refractivity contribution in [2.75, 3.05) is 25.6 Å². The van der Waals surface area contributed by atoms with Crippen LogP contribution in [0.15, 0.2) is 48.5 Å². The predicted octanol–water partition coefficient (Wildman–Crippen LogP) is 4.17. The molecule has 3 rings (SSSR count). The van der Waals surface area contributed by atoms with Crippen LogP contribution in [-0.4, -0.2) is 32.3 Å². The van der Waals surface area contributed by atoms with E-state index in [2.05, 4.69) is 5.32 Å². The number of anilines is 1. The normalized spacial score (nSPS) is 22.0. The van der Waals surface area contributed by atoms with Gasteiger partial charge >= 0.3 is 0 Å². The molecule has 1 aliphatic heterocycles. The lowest BCUT2D eigenvalue weighted by Crippen LogP contribution is -2.45. The number of ether oxygens (including phenoxy) is 4. The topological polar surface area (TPSA) is 66.0 Å². The molecule has 6 nitrogen and oxygen atoms in total. The number of methoxy groups -OCH3 is 1. The Morgan fingerprint density at radius 3 is 2.36 bits per heavy atom. The summed E-state index contributed by atoms with van der Waals surface area (Å²) in [6, 6.07) is 14.9. The summed E-state index contributed by atoms with van der Waals surface area (Å²) in [5.41, 5.74) is 0.730. The fourth-order valence-electron chi connectivity index (χ4n) is 2.95. The number of para-hydroxylation sites is 1. The molecule has 1 saturated heterocycles. The van der Waals surface area contributed by atoms with Crippen LogP contribution in [0.25, 0.3) is 0 Å². The maximum absolute atomic E-state index is 12.8. The van der Waals surface area contributed by atoms with E-state index in [0.717, 1.165) is 11.3 Å². The van der Waals surface area contributed by atoms with Crippen LogP contribution in [0, 0.1) is 5.41 Å². The van der Waals surface area contributed by atoms with Gasteiger partial charge in [0.25, 0.3) is 0 Å². The number of nitrogens with one attached hydrogen (secondary N) is 1. The molecule has 0 unspecified atom stereocenters. The Bertz CT molecular complexity index is 795. The molecule has 2 aromatic carbocycles. The van der Waals surface area contributed by atoms with Gasteiger partial charge in [0.15, 0.2) is 6.29 Å². The van der Waals surface area contributed by atoms with Gasteiger partial charge in [-0.1, -0.05) is 18.2 Å². The van der Waals surface area contributed by atoms with Crippen LogP contribution in [0.4, 0.5) is 5.69 Å². The predicted molar refractivity (Wildman–Crippen MR) is 107 cm³/mol. The Kier molecular flexibility index (Phi) is 6.21. The van der Waals surface area contributed by atoms with Crippen molar-refractivity contribution in [2.24, 2.45) is 5.41 Å². The molecule has 0 saturated carbocycles. The molecule has 2 aromatic rings. The van der Waals surface area contributed by atoms with Gasteiger partial charge < -0.3 is 24.3 Å². The van der Waals surface area contributed by atoms with Gasteiger partial charge in [-0.2, -0.15) is 0 Å². The van der Waals surface area contributed by atoms with Crippen molar-refractivity contribution in [3.05, 3.63) is 54.1 Å². The molecular weight excluding hydrogens is 358 g/mol. The second-order valence-corrected chi connectivity index (χ2v) is 7.40. The van der Waals surface area contributed by atoms with E-state index in [0.29, 0.717) is 11.4 Å². The zero-order chi connectivity index (χ0) is 20.1. The number of amides is 1. The lowest BCUT2D eigenvalue weighted by atomic mass is 9.90. The largest absolute Gasteiger partial charge is 0.496 e. The van der Waals surface area contributed by atoms with Crippen molar-refractivity contribution in [2.45, 2.75) is 33.2 Å². The Labute approximate surface area is 165 Å². The smallest absolute Gasteiger partial charge is 0.234 e. The van der Waals surface area contributed by atoms with Crippen LogP contribution in [0.5, 0.6) is 11.5 Å². The molecule has 150 valence electrons. The molecule has 1 fully saturated rings. The van der Waals surface area contributed by atoms with E-state index in [1.165, 1.54) is 0 Å². The Morgan fingerprint density at radius 2 is 1.75 bits per heavy atom. The highest BCUT2D eigenvalue weighted by atomic mass is 16.7. The molecule has 0 bridgehead atoms. The molecule has 1 aliphatic rings. The average molecular weight is 385 g/mol. The van der Waals surface area contributed by atoms with Gasteiger partial charge in [-0.15, -0.1) is 0 Å². The van der Waals surface area contributed by atoms with Crippen molar-refractivity contribution < 1.29 is 23.7 Å². The second-order valence-electron chi connectivity index (χ2n) is 7.40. The highest BCUT2D eigenvalue weighted by Crippen LogP contribution is 2.36. The van der Waals surface area contributed by atoms with Gasteiger partial charge in [0, 0.05) is 11.3 Å². The lowest BCUT2D eigenvalue weighted by Gasteiger charge is -2.36. The van der Waals surface area contributed by atoms with Gasteiger partial charge in [-0.3, -0.25) is 4.79 Å². The van der Waals surface area contributed by atoms with Crippen LogP contribution < -0.4 is 14.8 Å². The molecule has 1 amide bonds. The Hall–Kier alpha value is -2.57. The monoisotopic (exact) mass is 385 g/mol. The zero-order valence-corrected chi connectivity index (χ0v) is 16.7. The summed E-state index contributed by atoms with van der Waals surface area (Å²) < 4.78 is 22.7. The summed E-state index contributed by atoms with van der Waals surface area (Å²) in [6.07, 6.45) is -0.448. The SMILES string of the molecule is COc1ccccc1C1OCC(C)(C(=O)Nc2ccc(OC(C)C)cc2)CO1. The summed E-state index contributed by atoms with van der Waals surface area (Å²) >= 11 is 0. The van der Waals surface area contributed by atoms with Crippen LogP contribution >= 0.6 is 0 Å². The van der Waals surface area contributed by atoms with Crippen LogP contribution in [0.2, 0.25) is 0 Å². The van der Waals surface area contributed by atoms with Crippen molar-refractivity contribution in [1.29, 1.82) is 0 Å². The van der Waals surface area contributed by atoms with Crippen LogP contribution in [-0.2, 0) is 14.3 Å². The summed E-state index contributed by atoms with van der Waals surface area (Å²) in [4.78, 5) is 12.8. The van der Waals surface area contributed by atoms with E-state index < -0.39 is 11.7 Å². The fourth-order valence-corrected chi connectivity index (χ4v) is 2.95. The number of carbonyl (C=O) groups excluding carboxylic acids is 1. The summed E-state index contributed by atoms with van der Waals surface area (Å²) in [5.74, 6) is 1.32. The number of carbonyl (C=O) groups is 1. The van der Waals surface area contributed by atoms with Crippen LogP contribution in [0.3, 0.4) is 0 Å². The van der Waals surface area contributed by atoms with Gasteiger partial charge in [-0.05, 0) is 51.1 Å². The van der Waals surface area contributed by atoms with E-state index >= 15 is 0 Å². The molecule has 6 heteroatoms. The average Bonchev–Trinajstić information content (AvgIpc) is 2.69. The number of hydrogen-bond donors (Lipinski definition) is 1. The maximum Gasteiger partial charge on any atom is 0.234 e. The van der Waals surface area contributed by atoms with E-state index in [1.54, 1.807) is 7.11 Å². The third-order valence-corrected chi connectivity index (χ3v) is 4.53. The second kappa shape index (κ2) is 8.63. The maximum atomic E-state index is 12.8. The molecule has 1 N–H and O–H groups in total. The van der Waals surface area contributed by atoms with Crippen molar-refractivity contribution >= 4 is 11.6 Å². The van der Waals surface area contributed by atoms with Crippen molar-refractivity contribution in [3.8, 4) is 11.5 Å². The van der Waals surface area contributed by atoms with Gasteiger partial charge in [0.1, 0.15) is 11.5 Å². The summed E-state index contributed by atoms with van der Waals surface area (Å²) in [6.45, 7) is 6.26. The molecule has 0 aliphatic carbocycles. The minimum Gasteiger partial charge on any atom is -0.496 e. The lowest BCUT2D eigenvalue weighted by molar-refractivity contribution is -0.226. The Balaban J connectivity index is 1.60. The van der Waals surface area contributed by atoms with Gasteiger partial charge in [0.2, 0.25) is 5.91 Å².